The standard InChI is InChI=1S/C15H22N4S2/c1-4-16-11-6-5-7-12-14(11)18-15(21-12)19(3)8-13-10(2)17-9-20-13/h9,11,16H,4-8H2,1-3H3. The molecular formula is C15H22N4S2. The van der Waals surface area contributed by atoms with E-state index < -0.39 is 0 Å². The summed E-state index contributed by atoms with van der Waals surface area (Å²) in [4.78, 5) is 14.3. The molecule has 6 heteroatoms. The molecule has 0 saturated heterocycles. The van der Waals surface area contributed by atoms with Crippen LogP contribution in [0, 0.1) is 6.92 Å². The molecule has 114 valence electrons. The summed E-state index contributed by atoms with van der Waals surface area (Å²) in [5.41, 5.74) is 4.35. The summed E-state index contributed by atoms with van der Waals surface area (Å²) < 4.78 is 0. The third-order valence-corrected chi connectivity index (χ3v) is 6.11. The highest BCUT2D eigenvalue weighted by Gasteiger charge is 2.25. The normalized spacial score (nSPS) is 17.8. The van der Waals surface area contributed by atoms with E-state index in [9.17, 15) is 0 Å². The first-order valence-corrected chi connectivity index (χ1v) is 9.21. The van der Waals surface area contributed by atoms with Crippen molar-refractivity contribution >= 4 is 27.8 Å². The molecule has 2 aromatic heterocycles. The highest BCUT2D eigenvalue weighted by atomic mass is 32.1. The third-order valence-electron chi connectivity index (χ3n) is 3.95. The van der Waals surface area contributed by atoms with Gasteiger partial charge in [-0.3, -0.25) is 0 Å². The second-order valence-corrected chi connectivity index (χ2v) is 7.53. The molecule has 0 aliphatic heterocycles. The molecule has 21 heavy (non-hydrogen) atoms. The Labute approximate surface area is 134 Å². The Balaban J connectivity index is 1.78. The second-order valence-electron chi connectivity index (χ2n) is 5.52. The Kier molecular flexibility index (Phi) is 4.57. The van der Waals surface area contributed by atoms with Gasteiger partial charge in [-0.15, -0.1) is 22.7 Å². The van der Waals surface area contributed by atoms with Crippen molar-refractivity contribution in [1.29, 1.82) is 0 Å². The van der Waals surface area contributed by atoms with Crippen LogP contribution < -0.4 is 10.2 Å². The van der Waals surface area contributed by atoms with E-state index in [1.165, 1.54) is 34.7 Å². The highest BCUT2D eigenvalue weighted by Crippen LogP contribution is 2.36. The van der Waals surface area contributed by atoms with Crippen molar-refractivity contribution in [3.63, 3.8) is 0 Å². The van der Waals surface area contributed by atoms with Crippen molar-refractivity contribution in [3.05, 3.63) is 26.7 Å². The van der Waals surface area contributed by atoms with E-state index >= 15 is 0 Å². The molecule has 0 amide bonds. The van der Waals surface area contributed by atoms with E-state index in [0.717, 1.165) is 23.9 Å². The summed E-state index contributed by atoms with van der Waals surface area (Å²) in [5, 5.41) is 4.70. The summed E-state index contributed by atoms with van der Waals surface area (Å²) in [5.74, 6) is 0. The van der Waals surface area contributed by atoms with Gasteiger partial charge in [0.25, 0.3) is 0 Å². The molecule has 0 fully saturated rings. The summed E-state index contributed by atoms with van der Waals surface area (Å²) >= 11 is 3.59. The topological polar surface area (TPSA) is 41.0 Å². The second kappa shape index (κ2) is 6.42. The molecule has 2 aromatic rings. The van der Waals surface area contributed by atoms with Crippen LogP contribution in [-0.2, 0) is 13.0 Å². The molecule has 0 bridgehead atoms. The minimum atomic E-state index is 0.447. The van der Waals surface area contributed by atoms with Crippen molar-refractivity contribution in [1.82, 2.24) is 15.3 Å². The van der Waals surface area contributed by atoms with E-state index in [2.05, 4.69) is 36.1 Å². The zero-order valence-electron chi connectivity index (χ0n) is 12.8. The van der Waals surface area contributed by atoms with Crippen LogP contribution in [0.15, 0.2) is 5.51 Å². The van der Waals surface area contributed by atoms with Gasteiger partial charge in [0.2, 0.25) is 0 Å². The van der Waals surface area contributed by atoms with Crippen LogP contribution in [-0.4, -0.2) is 23.6 Å². The van der Waals surface area contributed by atoms with Crippen LogP contribution in [0.5, 0.6) is 0 Å². The molecule has 1 N–H and O–H groups in total. The van der Waals surface area contributed by atoms with E-state index in [1.807, 2.05) is 16.8 Å². The third kappa shape index (κ3) is 3.12. The number of anilines is 1. The van der Waals surface area contributed by atoms with E-state index in [4.69, 9.17) is 4.98 Å². The van der Waals surface area contributed by atoms with Gasteiger partial charge in [0, 0.05) is 16.8 Å². The van der Waals surface area contributed by atoms with E-state index in [0.29, 0.717) is 6.04 Å². The Morgan fingerprint density at radius 2 is 2.33 bits per heavy atom. The van der Waals surface area contributed by atoms with Gasteiger partial charge in [0.1, 0.15) is 0 Å². The maximum absolute atomic E-state index is 4.93. The smallest absolute Gasteiger partial charge is 0.185 e. The summed E-state index contributed by atoms with van der Waals surface area (Å²) in [6.45, 7) is 6.15. The highest BCUT2D eigenvalue weighted by molar-refractivity contribution is 7.15. The van der Waals surface area contributed by atoms with Gasteiger partial charge >= 0.3 is 0 Å². The number of hydrogen-bond donors (Lipinski definition) is 1. The first-order chi connectivity index (χ1) is 10.2. The Morgan fingerprint density at radius 3 is 3.05 bits per heavy atom. The first-order valence-electron chi connectivity index (χ1n) is 7.52. The van der Waals surface area contributed by atoms with Crippen LogP contribution in [0.1, 0.15) is 46.9 Å². The fraction of sp³-hybridized carbons (Fsp3) is 0.600. The van der Waals surface area contributed by atoms with Crippen molar-refractivity contribution in [2.24, 2.45) is 0 Å². The van der Waals surface area contributed by atoms with Crippen LogP contribution in [0.2, 0.25) is 0 Å². The molecule has 0 aromatic carbocycles. The van der Waals surface area contributed by atoms with Crippen molar-refractivity contribution in [3.8, 4) is 0 Å². The SMILES string of the molecule is CCNC1CCCc2sc(N(C)Cc3scnc3C)nc21. The maximum atomic E-state index is 4.93. The quantitative estimate of drug-likeness (QED) is 0.914. The van der Waals surface area contributed by atoms with Gasteiger partial charge in [-0.05, 0) is 32.7 Å². The number of thiazole rings is 2. The number of nitrogens with zero attached hydrogens (tertiary/aromatic N) is 3. The zero-order valence-corrected chi connectivity index (χ0v) is 14.5. The molecule has 1 atom stereocenters. The minimum Gasteiger partial charge on any atom is -0.346 e. The summed E-state index contributed by atoms with van der Waals surface area (Å²) in [6, 6.07) is 0.447. The molecule has 0 radical (unpaired) electrons. The Hall–Kier alpha value is -0.980. The van der Waals surface area contributed by atoms with Crippen molar-refractivity contribution < 1.29 is 0 Å². The van der Waals surface area contributed by atoms with Crippen LogP contribution in [0.25, 0.3) is 0 Å². The molecule has 4 nitrogen and oxygen atoms in total. The first kappa shape index (κ1) is 14.9. The lowest BCUT2D eigenvalue weighted by molar-refractivity contribution is 0.465. The van der Waals surface area contributed by atoms with E-state index in [1.54, 1.807) is 11.3 Å². The number of nitrogens with one attached hydrogen (secondary N) is 1. The van der Waals surface area contributed by atoms with Crippen molar-refractivity contribution in [2.75, 3.05) is 18.5 Å². The molecule has 1 aliphatic rings. The molecule has 0 spiro atoms. The van der Waals surface area contributed by atoms with Gasteiger partial charge in [-0.1, -0.05) is 6.92 Å². The zero-order chi connectivity index (χ0) is 14.8. The lowest BCUT2D eigenvalue weighted by Gasteiger charge is -2.21. The minimum absolute atomic E-state index is 0.447. The molecular weight excluding hydrogens is 300 g/mol. The van der Waals surface area contributed by atoms with E-state index in [-0.39, 0.29) is 0 Å². The number of aryl methyl sites for hydroxylation is 2. The monoisotopic (exact) mass is 322 g/mol. The largest absolute Gasteiger partial charge is 0.346 e. The van der Waals surface area contributed by atoms with Gasteiger partial charge < -0.3 is 10.2 Å². The summed E-state index contributed by atoms with van der Waals surface area (Å²) in [7, 11) is 2.13. The lowest BCUT2D eigenvalue weighted by Crippen LogP contribution is -2.24. The fourth-order valence-electron chi connectivity index (χ4n) is 2.77. The van der Waals surface area contributed by atoms with Gasteiger partial charge in [-0.2, -0.15) is 0 Å². The lowest BCUT2D eigenvalue weighted by atomic mass is 9.98. The maximum Gasteiger partial charge on any atom is 0.185 e. The summed E-state index contributed by atoms with van der Waals surface area (Å²) in [6.07, 6.45) is 3.66. The predicted molar refractivity (Wildman–Crippen MR) is 90.4 cm³/mol. The Morgan fingerprint density at radius 1 is 1.48 bits per heavy atom. The molecule has 2 heterocycles. The molecule has 0 saturated carbocycles. The van der Waals surface area contributed by atoms with Crippen LogP contribution >= 0.6 is 22.7 Å². The van der Waals surface area contributed by atoms with Crippen LogP contribution in [0.3, 0.4) is 0 Å². The van der Waals surface area contributed by atoms with Gasteiger partial charge in [-0.25, -0.2) is 9.97 Å². The number of rotatable bonds is 5. The van der Waals surface area contributed by atoms with Gasteiger partial charge in [0.15, 0.2) is 5.13 Å². The van der Waals surface area contributed by atoms with Crippen LogP contribution in [0.4, 0.5) is 5.13 Å². The van der Waals surface area contributed by atoms with Gasteiger partial charge in [0.05, 0.1) is 29.5 Å². The van der Waals surface area contributed by atoms with Crippen molar-refractivity contribution in [2.45, 2.75) is 45.7 Å². The fourth-order valence-corrected chi connectivity index (χ4v) is 4.73. The number of fused-ring (bicyclic) bond motifs is 1. The molecule has 3 rings (SSSR count). The number of aromatic nitrogens is 2. The average molecular weight is 323 g/mol. The number of hydrogen-bond acceptors (Lipinski definition) is 6. The predicted octanol–water partition coefficient (Wildman–Crippen LogP) is 3.53. The molecule has 1 unspecified atom stereocenters. The molecule has 1 aliphatic carbocycles. The average Bonchev–Trinajstić information content (AvgIpc) is 3.07. The Bertz CT molecular complexity index is 605.